The molecule has 0 unspecified atom stereocenters. The lowest BCUT2D eigenvalue weighted by Gasteiger charge is -2.59. The van der Waals surface area contributed by atoms with Gasteiger partial charge in [0.2, 0.25) is 5.91 Å². The third-order valence-electron chi connectivity index (χ3n) is 7.03. The van der Waals surface area contributed by atoms with Gasteiger partial charge in [-0.3, -0.25) is 4.79 Å². The summed E-state index contributed by atoms with van der Waals surface area (Å²) in [5.74, 6) is 2.33. The molecule has 1 aromatic carbocycles. The summed E-state index contributed by atoms with van der Waals surface area (Å²) in [5.41, 5.74) is 0.146. The van der Waals surface area contributed by atoms with Crippen LogP contribution in [-0.4, -0.2) is 11.9 Å². The predicted octanol–water partition coefficient (Wildman–Crippen LogP) is 5.44. The Morgan fingerprint density at radius 1 is 1.07 bits per heavy atom. The molecule has 4 aliphatic carbocycles. The number of nitrogens with one attached hydrogen (secondary N) is 1. The van der Waals surface area contributed by atoms with Crippen molar-refractivity contribution in [3.63, 3.8) is 0 Å². The van der Waals surface area contributed by atoms with E-state index in [9.17, 15) is 18.0 Å². The van der Waals surface area contributed by atoms with Crippen molar-refractivity contribution >= 4 is 12.0 Å². The average molecular weight is 377 g/mol. The van der Waals surface area contributed by atoms with E-state index in [4.69, 9.17) is 0 Å². The van der Waals surface area contributed by atoms with Crippen molar-refractivity contribution in [3.05, 3.63) is 41.5 Å². The normalized spacial score (nSPS) is 33.4. The van der Waals surface area contributed by atoms with Crippen molar-refractivity contribution in [2.75, 3.05) is 0 Å². The Morgan fingerprint density at radius 2 is 1.59 bits per heavy atom. The lowest BCUT2D eigenvalue weighted by molar-refractivity contribution is -0.137. The summed E-state index contributed by atoms with van der Waals surface area (Å²) < 4.78 is 37.8. The molecule has 0 aliphatic heterocycles. The zero-order valence-electron chi connectivity index (χ0n) is 15.6. The SMILES string of the molecule is C[C@H](NC(=O)/C=C/c1ccc(C(F)(F)F)cc1)C12CC3CC(CC(C3)C1)C2. The Balaban J connectivity index is 1.37. The van der Waals surface area contributed by atoms with Gasteiger partial charge in [0.15, 0.2) is 0 Å². The number of rotatable bonds is 4. The number of carbonyl (C=O) groups is 1. The topological polar surface area (TPSA) is 29.1 Å². The van der Waals surface area contributed by atoms with Crippen LogP contribution in [0.3, 0.4) is 0 Å². The van der Waals surface area contributed by atoms with Crippen molar-refractivity contribution in [2.24, 2.45) is 23.2 Å². The van der Waals surface area contributed by atoms with Gasteiger partial charge in [-0.05, 0) is 92.4 Å². The van der Waals surface area contributed by atoms with Gasteiger partial charge in [-0.15, -0.1) is 0 Å². The lowest BCUT2D eigenvalue weighted by atomic mass is 9.48. The molecule has 146 valence electrons. The first-order valence-corrected chi connectivity index (χ1v) is 9.89. The van der Waals surface area contributed by atoms with Gasteiger partial charge in [-0.2, -0.15) is 13.2 Å². The lowest BCUT2D eigenvalue weighted by Crippen LogP contribution is -2.55. The number of benzene rings is 1. The number of alkyl halides is 3. The highest BCUT2D eigenvalue weighted by atomic mass is 19.4. The maximum Gasteiger partial charge on any atom is 0.416 e. The maximum absolute atomic E-state index is 12.6. The van der Waals surface area contributed by atoms with Gasteiger partial charge in [0, 0.05) is 12.1 Å². The van der Waals surface area contributed by atoms with Crippen LogP contribution in [0.2, 0.25) is 0 Å². The van der Waals surface area contributed by atoms with Crippen molar-refractivity contribution < 1.29 is 18.0 Å². The van der Waals surface area contributed by atoms with Gasteiger partial charge in [-0.25, -0.2) is 0 Å². The Bertz CT molecular complexity index is 700. The minimum absolute atomic E-state index is 0.135. The Kier molecular flexibility index (Phi) is 4.59. The molecule has 1 atom stereocenters. The minimum Gasteiger partial charge on any atom is -0.350 e. The van der Waals surface area contributed by atoms with Crippen LogP contribution in [0.1, 0.15) is 56.6 Å². The largest absolute Gasteiger partial charge is 0.416 e. The summed E-state index contributed by atoms with van der Waals surface area (Å²) in [6.45, 7) is 2.12. The van der Waals surface area contributed by atoms with Gasteiger partial charge in [-0.1, -0.05) is 12.1 Å². The van der Waals surface area contributed by atoms with Gasteiger partial charge in [0.1, 0.15) is 0 Å². The molecule has 4 fully saturated rings. The molecule has 5 rings (SSSR count). The Labute approximate surface area is 158 Å². The third kappa shape index (κ3) is 3.78. The second-order valence-corrected chi connectivity index (χ2v) is 8.96. The predicted molar refractivity (Wildman–Crippen MR) is 98.7 cm³/mol. The van der Waals surface area contributed by atoms with Crippen LogP contribution in [0.5, 0.6) is 0 Å². The molecular formula is C22H26F3NO. The number of hydrogen-bond acceptors (Lipinski definition) is 1. The molecule has 4 aliphatic rings. The number of hydrogen-bond donors (Lipinski definition) is 1. The third-order valence-corrected chi connectivity index (χ3v) is 7.03. The molecule has 4 bridgehead atoms. The smallest absolute Gasteiger partial charge is 0.350 e. The zero-order valence-corrected chi connectivity index (χ0v) is 15.6. The molecule has 0 saturated heterocycles. The number of halogens is 3. The molecule has 0 aromatic heterocycles. The quantitative estimate of drug-likeness (QED) is 0.696. The fourth-order valence-electron chi connectivity index (χ4n) is 6.08. The van der Waals surface area contributed by atoms with E-state index < -0.39 is 11.7 Å². The fourth-order valence-corrected chi connectivity index (χ4v) is 6.08. The van der Waals surface area contributed by atoms with Crippen LogP contribution in [0.15, 0.2) is 30.3 Å². The summed E-state index contributed by atoms with van der Waals surface area (Å²) in [7, 11) is 0. The molecule has 1 aromatic rings. The summed E-state index contributed by atoms with van der Waals surface area (Å²) in [5, 5.41) is 3.14. The van der Waals surface area contributed by atoms with E-state index in [-0.39, 0.29) is 17.4 Å². The second kappa shape index (κ2) is 6.68. The highest BCUT2D eigenvalue weighted by molar-refractivity contribution is 5.91. The fraction of sp³-hybridized carbons (Fsp3) is 0.591. The summed E-state index contributed by atoms with van der Waals surface area (Å²) in [6.07, 6.45) is 6.44. The van der Waals surface area contributed by atoms with Gasteiger partial charge < -0.3 is 5.32 Å². The average Bonchev–Trinajstić information content (AvgIpc) is 2.58. The van der Waals surface area contributed by atoms with Crippen molar-refractivity contribution in [1.82, 2.24) is 5.32 Å². The maximum atomic E-state index is 12.6. The molecule has 0 radical (unpaired) electrons. The van der Waals surface area contributed by atoms with E-state index in [0.29, 0.717) is 5.56 Å². The first-order valence-electron chi connectivity index (χ1n) is 9.89. The van der Waals surface area contributed by atoms with Crippen LogP contribution < -0.4 is 5.32 Å². The van der Waals surface area contributed by atoms with E-state index in [1.165, 1.54) is 56.7 Å². The first-order chi connectivity index (χ1) is 12.7. The summed E-state index contributed by atoms with van der Waals surface area (Å²) in [4.78, 5) is 12.4. The van der Waals surface area contributed by atoms with Gasteiger partial charge in [0.25, 0.3) is 0 Å². The van der Waals surface area contributed by atoms with Crippen LogP contribution in [0.4, 0.5) is 13.2 Å². The molecule has 27 heavy (non-hydrogen) atoms. The van der Waals surface area contributed by atoms with Crippen molar-refractivity contribution in [1.29, 1.82) is 0 Å². The van der Waals surface area contributed by atoms with Gasteiger partial charge in [0.05, 0.1) is 5.56 Å². The van der Waals surface area contributed by atoms with Crippen LogP contribution >= 0.6 is 0 Å². The van der Waals surface area contributed by atoms with Crippen LogP contribution in [0, 0.1) is 23.2 Å². The van der Waals surface area contributed by atoms with Crippen LogP contribution in [-0.2, 0) is 11.0 Å². The standard InChI is InChI=1S/C22H26F3NO/c1-14(21-11-16-8-17(12-21)10-18(9-16)13-21)26-20(27)7-4-15-2-5-19(6-3-15)22(23,24)25/h2-7,14,16-18H,8-13H2,1H3,(H,26,27)/b7-4+/t14-,16?,17?,18?,21?/m0/s1. The van der Waals surface area contributed by atoms with E-state index in [1.807, 2.05) is 0 Å². The molecule has 0 spiro atoms. The van der Waals surface area contributed by atoms with Crippen molar-refractivity contribution in [2.45, 2.75) is 57.7 Å². The van der Waals surface area contributed by atoms with Gasteiger partial charge >= 0.3 is 6.18 Å². The monoisotopic (exact) mass is 377 g/mol. The Hall–Kier alpha value is -1.78. The summed E-state index contributed by atoms with van der Waals surface area (Å²) >= 11 is 0. The van der Waals surface area contributed by atoms with E-state index in [1.54, 1.807) is 6.08 Å². The highest BCUT2D eigenvalue weighted by Gasteiger charge is 2.53. The molecule has 0 heterocycles. The molecule has 2 nitrogen and oxygen atoms in total. The zero-order chi connectivity index (χ0) is 19.2. The molecule has 4 saturated carbocycles. The first kappa shape index (κ1) is 18.6. The van der Waals surface area contributed by atoms with E-state index >= 15 is 0 Å². The number of amides is 1. The number of carbonyl (C=O) groups excluding carboxylic acids is 1. The van der Waals surface area contributed by atoms with E-state index in [0.717, 1.165) is 29.9 Å². The molecular weight excluding hydrogens is 351 g/mol. The van der Waals surface area contributed by atoms with E-state index in [2.05, 4.69) is 12.2 Å². The summed E-state index contributed by atoms with van der Waals surface area (Å²) in [6, 6.07) is 4.98. The second-order valence-electron chi connectivity index (χ2n) is 8.96. The minimum atomic E-state index is -4.34. The Morgan fingerprint density at radius 3 is 2.07 bits per heavy atom. The molecule has 1 amide bonds. The molecule has 5 heteroatoms. The highest BCUT2D eigenvalue weighted by Crippen LogP contribution is 2.61. The van der Waals surface area contributed by atoms with Crippen molar-refractivity contribution in [3.8, 4) is 0 Å². The van der Waals surface area contributed by atoms with Crippen LogP contribution in [0.25, 0.3) is 6.08 Å². The molecule has 1 N–H and O–H groups in total.